The molecule has 21 heavy (non-hydrogen) atoms. The van der Waals surface area contributed by atoms with E-state index in [0.29, 0.717) is 16.9 Å². The second-order valence-corrected chi connectivity index (χ2v) is 8.45. The van der Waals surface area contributed by atoms with Crippen molar-refractivity contribution in [2.24, 2.45) is 5.92 Å². The molecule has 1 unspecified atom stereocenters. The number of hydrogen-bond acceptors (Lipinski definition) is 1. The molecule has 1 aromatic rings. The molecule has 0 aliphatic heterocycles. The summed E-state index contributed by atoms with van der Waals surface area (Å²) in [4.78, 5) is 0. The summed E-state index contributed by atoms with van der Waals surface area (Å²) in [6.45, 7) is 12.9. The Labute approximate surface area is 130 Å². The summed E-state index contributed by atoms with van der Waals surface area (Å²) in [5, 5.41) is 3.72. The molecule has 1 heteroatoms. The fourth-order valence-electron chi connectivity index (χ4n) is 4.01. The van der Waals surface area contributed by atoms with Gasteiger partial charge in [-0.15, -0.1) is 0 Å². The highest BCUT2D eigenvalue weighted by molar-refractivity contribution is 5.44. The van der Waals surface area contributed by atoms with Crippen LogP contribution in [0.25, 0.3) is 0 Å². The second kappa shape index (κ2) is 5.12. The average Bonchev–Trinajstić information content (AvgIpc) is 3.26. The second-order valence-electron chi connectivity index (χ2n) is 8.45. The van der Waals surface area contributed by atoms with Crippen LogP contribution < -0.4 is 5.32 Å². The van der Waals surface area contributed by atoms with Crippen molar-refractivity contribution in [2.45, 2.75) is 77.2 Å². The molecule has 1 atom stereocenters. The Morgan fingerprint density at radius 3 is 2.24 bits per heavy atom. The third-order valence-electron chi connectivity index (χ3n) is 5.75. The van der Waals surface area contributed by atoms with Crippen molar-refractivity contribution in [3.63, 3.8) is 0 Å². The van der Waals surface area contributed by atoms with Crippen LogP contribution >= 0.6 is 0 Å². The van der Waals surface area contributed by atoms with Crippen LogP contribution in [0.4, 0.5) is 0 Å². The van der Waals surface area contributed by atoms with Gasteiger partial charge in [0.1, 0.15) is 0 Å². The van der Waals surface area contributed by atoms with Crippen molar-refractivity contribution >= 4 is 0 Å². The maximum Gasteiger partial charge on any atom is 0.0348 e. The van der Waals surface area contributed by atoms with Crippen molar-refractivity contribution in [2.75, 3.05) is 6.54 Å². The average molecular weight is 285 g/mol. The molecule has 0 saturated heterocycles. The Morgan fingerprint density at radius 2 is 1.67 bits per heavy atom. The van der Waals surface area contributed by atoms with Gasteiger partial charge in [-0.25, -0.2) is 0 Å². The highest BCUT2D eigenvalue weighted by atomic mass is 14.9. The van der Waals surface area contributed by atoms with E-state index in [-0.39, 0.29) is 0 Å². The first-order chi connectivity index (χ1) is 9.85. The molecule has 3 rings (SSSR count). The molecule has 0 bridgehead atoms. The molecule has 1 fully saturated rings. The molecular formula is C20H31N. The van der Waals surface area contributed by atoms with Gasteiger partial charge in [-0.1, -0.05) is 52.8 Å². The predicted octanol–water partition coefficient (Wildman–Crippen LogP) is 5.10. The maximum absolute atomic E-state index is 3.72. The Hall–Kier alpha value is -0.820. The van der Waals surface area contributed by atoms with E-state index in [0.717, 1.165) is 12.5 Å². The summed E-state index contributed by atoms with van der Waals surface area (Å²) in [6, 6.07) is 7.93. The van der Waals surface area contributed by atoms with Crippen molar-refractivity contribution in [3.8, 4) is 0 Å². The number of rotatable bonds is 4. The van der Waals surface area contributed by atoms with Crippen LogP contribution in [0.1, 0.15) is 83.0 Å². The van der Waals surface area contributed by atoms with E-state index in [4.69, 9.17) is 0 Å². The first kappa shape index (κ1) is 15.1. The van der Waals surface area contributed by atoms with Gasteiger partial charge in [-0.05, 0) is 65.7 Å². The van der Waals surface area contributed by atoms with Gasteiger partial charge in [0, 0.05) is 6.04 Å². The lowest BCUT2D eigenvalue weighted by atomic mass is 9.63. The summed E-state index contributed by atoms with van der Waals surface area (Å²) >= 11 is 0. The summed E-state index contributed by atoms with van der Waals surface area (Å²) < 4.78 is 0. The standard InChI is InChI=1S/C20H31N/c1-6-21-18(14-7-8-14)15-9-10-16-17(13-15)20(4,5)12-11-19(16,2)3/h9-10,13-14,18,21H,6-8,11-12H2,1-5H3. The number of hydrogen-bond donors (Lipinski definition) is 1. The monoisotopic (exact) mass is 285 g/mol. The van der Waals surface area contributed by atoms with E-state index in [9.17, 15) is 0 Å². The molecule has 1 saturated carbocycles. The van der Waals surface area contributed by atoms with Crippen molar-refractivity contribution in [1.82, 2.24) is 5.32 Å². The van der Waals surface area contributed by atoms with Gasteiger partial charge in [0.05, 0.1) is 0 Å². The predicted molar refractivity (Wildman–Crippen MR) is 90.9 cm³/mol. The van der Waals surface area contributed by atoms with Crippen LogP contribution in [0.3, 0.4) is 0 Å². The number of fused-ring (bicyclic) bond motifs is 1. The minimum Gasteiger partial charge on any atom is -0.310 e. The van der Waals surface area contributed by atoms with Crippen LogP contribution in [0, 0.1) is 5.92 Å². The van der Waals surface area contributed by atoms with Gasteiger partial charge in [0.25, 0.3) is 0 Å². The lowest BCUT2D eigenvalue weighted by Crippen LogP contribution is -2.34. The van der Waals surface area contributed by atoms with E-state index in [2.05, 4.69) is 58.1 Å². The molecule has 1 aromatic carbocycles. The van der Waals surface area contributed by atoms with Gasteiger partial charge in [0.2, 0.25) is 0 Å². The normalized spacial score (nSPS) is 24.4. The van der Waals surface area contributed by atoms with E-state index < -0.39 is 0 Å². The fourth-order valence-corrected chi connectivity index (χ4v) is 4.01. The molecule has 1 N–H and O–H groups in total. The third-order valence-corrected chi connectivity index (χ3v) is 5.75. The Morgan fingerprint density at radius 1 is 1.05 bits per heavy atom. The molecule has 1 nitrogen and oxygen atoms in total. The number of nitrogens with one attached hydrogen (secondary N) is 1. The molecule has 2 aliphatic carbocycles. The van der Waals surface area contributed by atoms with Gasteiger partial charge in [-0.3, -0.25) is 0 Å². The third kappa shape index (κ3) is 2.77. The van der Waals surface area contributed by atoms with Crippen molar-refractivity contribution < 1.29 is 0 Å². The first-order valence-corrected chi connectivity index (χ1v) is 8.73. The molecule has 0 amide bonds. The smallest absolute Gasteiger partial charge is 0.0348 e. The van der Waals surface area contributed by atoms with Gasteiger partial charge in [-0.2, -0.15) is 0 Å². The van der Waals surface area contributed by atoms with Gasteiger partial charge < -0.3 is 5.32 Å². The Bertz CT molecular complexity index is 523. The minimum absolute atomic E-state index is 0.321. The van der Waals surface area contributed by atoms with E-state index in [1.165, 1.54) is 31.2 Å². The Balaban J connectivity index is 2.02. The van der Waals surface area contributed by atoms with Gasteiger partial charge >= 0.3 is 0 Å². The zero-order valence-corrected chi connectivity index (χ0v) is 14.4. The van der Waals surface area contributed by atoms with Crippen LogP contribution in [0.5, 0.6) is 0 Å². The molecule has 0 heterocycles. The van der Waals surface area contributed by atoms with Crippen LogP contribution in [-0.2, 0) is 10.8 Å². The van der Waals surface area contributed by atoms with E-state index >= 15 is 0 Å². The minimum atomic E-state index is 0.321. The Kier molecular flexibility index (Phi) is 3.68. The molecule has 0 aromatic heterocycles. The maximum atomic E-state index is 3.72. The zero-order valence-electron chi connectivity index (χ0n) is 14.4. The lowest BCUT2D eigenvalue weighted by Gasteiger charge is -2.42. The molecular weight excluding hydrogens is 254 g/mol. The van der Waals surface area contributed by atoms with Crippen LogP contribution in [0.15, 0.2) is 18.2 Å². The van der Waals surface area contributed by atoms with Crippen molar-refractivity contribution in [3.05, 3.63) is 34.9 Å². The highest BCUT2D eigenvalue weighted by Gasteiger charge is 2.38. The lowest BCUT2D eigenvalue weighted by molar-refractivity contribution is 0.331. The summed E-state index contributed by atoms with van der Waals surface area (Å²) in [5.41, 5.74) is 5.34. The molecule has 116 valence electrons. The van der Waals surface area contributed by atoms with Crippen molar-refractivity contribution in [1.29, 1.82) is 0 Å². The van der Waals surface area contributed by atoms with E-state index in [1.54, 1.807) is 11.1 Å². The van der Waals surface area contributed by atoms with E-state index in [1.807, 2.05) is 0 Å². The topological polar surface area (TPSA) is 12.0 Å². The highest BCUT2D eigenvalue weighted by Crippen LogP contribution is 2.48. The fraction of sp³-hybridized carbons (Fsp3) is 0.700. The summed E-state index contributed by atoms with van der Waals surface area (Å²) in [7, 11) is 0. The number of benzene rings is 1. The van der Waals surface area contributed by atoms with Crippen LogP contribution in [-0.4, -0.2) is 6.54 Å². The molecule has 0 radical (unpaired) electrons. The first-order valence-electron chi connectivity index (χ1n) is 8.73. The summed E-state index contributed by atoms with van der Waals surface area (Å²) in [5.74, 6) is 0.864. The van der Waals surface area contributed by atoms with Gasteiger partial charge in [0.15, 0.2) is 0 Å². The van der Waals surface area contributed by atoms with Crippen LogP contribution in [0.2, 0.25) is 0 Å². The molecule has 2 aliphatic rings. The summed E-state index contributed by atoms with van der Waals surface area (Å²) in [6.07, 6.45) is 5.38. The molecule has 0 spiro atoms. The quantitative estimate of drug-likeness (QED) is 0.812. The zero-order chi connectivity index (χ0) is 15.3. The SMILES string of the molecule is CCNC(c1ccc2c(c1)C(C)(C)CCC2(C)C)C1CC1. The largest absolute Gasteiger partial charge is 0.310 e.